The van der Waals surface area contributed by atoms with Crippen LogP contribution >= 0.6 is 0 Å². The van der Waals surface area contributed by atoms with Gasteiger partial charge < -0.3 is 10.2 Å². The fourth-order valence-electron chi connectivity index (χ4n) is 1.54. The van der Waals surface area contributed by atoms with Gasteiger partial charge in [0.05, 0.1) is 24.0 Å². The number of nitrogens with one attached hydrogen (secondary N) is 1. The van der Waals surface area contributed by atoms with Gasteiger partial charge in [0, 0.05) is 19.8 Å². The molecule has 5 heteroatoms. The topological polar surface area (TPSA) is 69.0 Å². The van der Waals surface area contributed by atoms with E-state index in [2.05, 4.69) is 16.4 Å². The first-order valence-electron chi connectivity index (χ1n) is 5.52. The first-order chi connectivity index (χ1) is 8.22. The van der Waals surface area contributed by atoms with E-state index in [0.29, 0.717) is 17.8 Å². The van der Waals surface area contributed by atoms with E-state index in [0.717, 1.165) is 6.42 Å². The number of anilines is 1. The first-order valence-corrected chi connectivity index (χ1v) is 5.52. The molecule has 0 saturated heterocycles. The van der Waals surface area contributed by atoms with Crippen LogP contribution in [0.25, 0.3) is 0 Å². The maximum absolute atomic E-state index is 11.4. The number of rotatable bonds is 5. The van der Waals surface area contributed by atoms with Crippen LogP contribution in [0.1, 0.15) is 18.9 Å². The summed E-state index contributed by atoms with van der Waals surface area (Å²) in [6.45, 7) is 2.98. The number of likely N-dealkylation sites (N-methyl/N-ethyl adjacent to an activating group) is 1. The van der Waals surface area contributed by atoms with Gasteiger partial charge in [0.1, 0.15) is 6.07 Å². The number of nitrogens with zero attached hydrogens (tertiary/aromatic N) is 3. The molecule has 0 unspecified atom stereocenters. The lowest BCUT2D eigenvalue weighted by molar-refractivity contribution is -0.119. The molecule has 1 amide bonds. The quantitative estimate of drug-likeness (QED) is 0.819. The Morgan fingerprint density at radius 3 is 3.00 bits per heavy atom. The minimum Gasteiger partial charge on any atom is -0.360 e. The van der Waals surface area contributed by atoms with Crippen LogP contribution < -0.4 is 10.2 Å². The Labute approximate surface area is 101 Å². The van der Waals surface area contributed by atoms with Crippen LogP contribution in [0.3, 0.4) is 0 Å². The second-order valence-corrected chi connectivity index (χ2v) is 3.60. The summed E-state index contributed by atoms with van der Waals surface area (Å²) in [6.07, 6.45) is 4.10. The van der Waals surface area contributed by atoms with Crippen LogP contribution in [-0.2, 0) is 4.79 Å². The lowest BCUT2D eigenvalue weighted by atomic mass is 10.2. The number of carbonyl (C=O) groups excluding carboxylic acids is 1. The zero-order chi connectivity index (χ0) is 12.7. The highest BCUT2D eigenvalue weighted by atomic mass is 16.1. The van der Waals surface area contributed by atoms with E-state index in [1.54, 1.807) is 25.5 Å². The molecule has 0 aliphatic heterocycles. The Hall–Kier alpha value is -2.09. The normalized spacial score (nSPS) is 9.47. The Morgan fingerprint density at radius 2 is 2.41 bits per heavy atom. The molecule has 1 rings (SSSR count). The summed E-state index contributed by atoms with van der Waals surface area (Å²) >= 11 is 0. The molecule has 1 aromatic heterocycles. The van der Waals surface area contributed by atoms with E-state index in [9.17, 15) is 4.79 Å². The third-order valence-electron chi connectivity index (χ3n) is 2.37. The molecule has 1 aromatic rings. The van der Waals surface area contributed by atoms with Crippen molar-refractivity contribution in [1.29, 1.82) is 5.26 Å². The highest BCUT2D eigenvalue weighted by molar-refractivity contribution is 5.81. The molecule has 0 aliphatic rings. The molecule has 0 radical (unpaired) electrons. The van der Waals surface area contributed by atoms with Crippen molar-refractivity contribution in [3.63, 3.8) is 0 Å². The van der Waals surface area contributed by atoms with E-state index in [4.69, 9.17) is 5.26 Å². The first kappa shape index (κ1) is 13.0. The molecule has 5 nitrogen and oxygen atoms in total. The molecule has 0 fully saturated rings. The number of carbonyl (C=O) groups is 1. The number of aromatic nitrogens is 1. The molecule has 0 aliphatic carbocycles. The summed E-state index contributed by atoms with van der Waals surface area (Å²) in [7, 11) is 1.60. The van der Waals surface area contributed by atoms with Gasteiger partial charge in [0.2, 0.25) is 5.91 Å². The van der Waals surface area contributed by atoms with Gasteiger partial charge in [-0.15, -0.1) is 0 Å². The van der Waals surface area contributed by atoms with Crippen molar-refractivity contribution in [2.45, 2.75) is 13.3 Å². The smallest absolute Gasteiger partial charge is 0.239 e. The zero-order valence-electron chi connectivity index (χ0n) is 10.1. The Balaban J connectivity index is 2.97. The fourth-order valence-corrected chi connectivity index (χ4v) is 1.54. The van der Waals surface area contributed by atoms with E-state index < -0.39 is 0 Å². The molecule has 1 N–H and O–H groups in total. The van der Waals surface area contributed by atoms with Crippen molar-refractivity contribution < 1.29 is 4.79 Å². The minimum absolute atomic E-state index is 0.0776. The summed E-state index contributed by atoms with van der Waals surface area (Å²) in [5, 5.41) is 11.6. The second kappa shape index (κ2) is 6.48. The molecule has 0 saturated carbocycles. The van der Waals surface area contributed by atoms with Crippen molar-refractivity contribution in [1.82, 2.24) is 10.3 Å². The third-order valence-corrected chi connectivity index (χ3v) is 2.37. The van der Waals surface area contributed by atoms with Gasteiger partial charge in [0.15, 0.2) is 0 Å². The van der Waals surface area contributed by atoms with Gasteiger partial charge in [-0.1, -0.05) is 6.92 Å². The second-order valence-electron chi connectivity index (χ2n) is 3.60. The number of hydrogen-bond donors (Lipinski definition) is 1. The average molecular weight is 232 g/mol. The zero-order valence-corrected chi connectivity index (χ0v) is 10.1. The Bertz CT molecular complexity index is 425. The molecule has 1 heterocycles. The minimum atomic E-state index is -0.0776. The van der Waals surface area contributed by atoms with Gasteiger partial charge in [-0.25, -0.2) is 0 Å². The van der Waals surface area contributed by atoms with Crippen molar-refractivity contribution >= 4 is 11.6 Å². The van der Waals surface area contributed by atoms with E-state index in [-0.39, 0.29) is 12.5 Å². The Morgan fingerprint density at radius 1 is 1.65 bits per heavy atom. The van der Waals surface area contributed by atoms with Crippen molar-refractivity contribution in [2.24, 2.45) is 0 Å². The molecule has 0 atom stereocenters. The molecule has 90 valence electrons. The summed E-state index contributed by atoms with van der Waals surface area (Å²) in [4.78, 5) is 17.3. The van der Waals surface area contributed by atoms with Crippen LogP contribution in [0, 0.1) is 11.3 Å². The summed E-state index contributed by atoms with van der Waals surface area (Å²) < 4.78 is 0. The SMILES string of the molecule is CCCN(CC(=O)NC)c1cnccc1C#N. The number of hydrogen-bond acceptors (Lipinski definition) is 4. The maximum Gasteiger partial charge on any atom is 0.239 e. The van der Waals surface area contributed by atoms with Gasteiger partial charge >= 0.3 is 0 Å². The van der Waals surface area contributed by atoms with Crippen LogP contribution in [0.2, 0.25) is 0 Å². The highest BCUT2D eigenvalue weighted by Crippen LogP contribution is 2.18. The monoisotopic (exact) mass is 232 g/mol. The molecular weight excluding hydrogens is 216 g/mol. The number of pyridine rings is 1. The number of amides is 1. The number of nitriles is 1. The highest BCUT2D eigenvalue weighted by Gasteiger charge is 2.13. The molecule has 0 aromatic carbocycles. The van der Waals surface area contributed by atoms with Crippen LogP contribution in [0.5, 0.6) is 0 Å². The standard InChI is InChI=1S/C12H16N4O/c1-3-6-16(9-12(17)14-2)11-8-15-5-4-10(11)7-13/h4-5,8H,3,6,9H2,1-2H3,(H,14,17). The van der Waals surface area contributed by atoms with Crippen LogP contribution in [-0.4, -0.2) is 31.0 Å². The molecule has 17 heavy (non-hydrogen) atoms. The predicted molar refractivity (Wildman–Crippen MR) is 65.5 cm³/mol. The summed E-state index contributed by atoms with van der Waals surface area (Å²) in [5.74, 6) is -0.0776. The van der Waals surface area contributed by atoms with E-state index in [1.807, 2.05) is 11.8 Å². The van der Waals surface area contributed by atoms with Crippen molar-refractivity contribution in [3.05, 3.63) is 24.0 Å². The third kappa shape index (κ3) is 3.45. The Kier molecular flexibility index (Phi) is 4.95. The van der Waals surface area contributed by atoms with Gasteiger partial charge in [-0.05, 0) is 12.5 Å². The van der Waals surface area contributed by atoms with E-state index in [1.165, 1.54) is 0 Å². The lowest BCUT2D eigenvalue weighted by Gasteiger charge is -2.23. The summed E-state index contributed by atoms with van der Waals surface area (Å²) in [5.41, 5.74) is 1.25. The predicted octanol–water partition coefficient (Wildman–Crippen LogP) is 0.916. The largest absolute Gasteiger partial charge is 0.360 e. The van der Waals surface area contributed by atoms with Crippen LogP contribution in [0.4, 0.5) is 5.69 Å². The van der Waals surface area contributed by atoms with E-state index >= 15 is 0 Å². The van der Waals surface area contributed by atoms with Crippen molar-refractivity contribution in [2.75, 3.05) is 25.0 Å². The van der Waals surface area contributed by atoms with Gasteiger partial charge in [-0.2, -0.15) is 5.26 Å². The van der Waals surface area contributed by atoms with Gasteiger partial charge in [-0.3, -0.25) is 9.78 Å². The summed E-state index contributed by atoms with van der Waals surface area (Å²) in [6, 6.07) is 3.77. The van der Waals surface area contributed by atoms with Crippen LogP contribution in [0.15, 0.2) is 18.5 Å². The molecular formula is C12H16N4O. The van der Waals surface area contributed by atoms with Gasteiger partial charge in [0.25, 0.3) is 0 Å². The average Bonchev–Trinajstić information content (AvgIpc) is 2.38. The van der Waals surface area contributed by atoms with Crippen molar-refractivity contribution in [3.8, 4) is 6.07 Å². The molecule has 0 spiro atoms. The maximum atomic E-state index is 11.4. The molecule has 0 bridgehead atoms. The fraction of sp³-hybridized carbons (Fsp3) is 0.417. The lowest BCUT2D eigenvalue weighted by Crippen LogP contribution is -2.36.